The molecular weight excluding hydrogens is 479 g/mol. The fraction of sp³-hybridized carbons (Fsp3) is 0.154. The summed E-state index contributed by atoms with van der Waals surface area (Å²) in [5.74, 6) is 0.847. The lowest BCUT2D eigenvalue weighted by atomic mass is 9.96. The summed E-state index contributed by atoms with van der Waals surface area (Å²) in [7, 11) is 1.55. The van der Waals surface area contributed by atoms with Crippen molar-refractivity contribution >= 4 is 29.3 Å². The zero-order valence-corrected chi connectivity index (χ0v) is 20.4. The number of hydrogen-bond acceptors (Lipinski definition) is 7. The highest BCUT2D eigenvalue weighted by molar-refractivity contribution is 7.98. The van der Waals surface area contributed by atoms with Crippen LogP contribution in [-0.2, 0) is 10.5 Å². The van der Waals surface area contributed by atoms with Gasteiger partial charge in [0.05, 0.1) is 18.4 Å². The molecule has 4 aromatic rings. The maximum atomic E-state index is 14.1. The molecule has 2 N–H and O–H groups in total. The molecule has 182 valence electrons. The van der Waals surface area contributed by atoms with Crippen LogP contribution in [0.15, 0.2) is 89.5 Å². The minimum Gasteiger partial charge on any atom is -0.495 e. The van der Waals surface area contributed by atoms with E-state index in [4.69, 9.17) is 4.74 Å². The normalized spacial score (nSPS) is 14.7. The maximum absolute atomic E-state index is 14.1. The highest BCUT2D eigenvalue weighted by atomic mass is 32.2. The van der Waals surface area contributed by atoms with Crippen LogP contribution in [0, 0.1) is 5.82 Å². The van der Waals surface area contributed by atoms with E-state index in [1.165, 1.54) is 17.8 Å². The van der Waals surface area contributed by atoms with Crippen molar-refractivity contribution in [2.45, 2.75) is 23.9 Å². The van der Waals surface area contributed by atoms with Crippen molar-refractivity contribution in [2.24, 2.45) is 0 Å². The zero-order valence-electron chi connectivity index (χ0n) is 19.6. The topological polar surface area (TPSA) is 94.0 Å². The van der Waals surface area contributed by atoms with Crippen LogP contribution < -0.4 is 15.4 Å². The number of pyridine rings is 1. The molecular formula is C26H23FN6O2S. The van der Waals surface area contributed by atoms with Gasteiger partial charge < -0.3 is 15.4 Å². The first-order valence-electron chi connectivity index (χ1n) is 11.2. The molecule has 2 aromatic heterocycles. The Morgan fingerprint density at radius 2 is 1.97 bits per heavy atom. The molecule has 0 aliphatic carbocycles. The molecule has 1 atom stereocenters. The number of anilines is 2. The maximum Gasteiger partial charge on any atom is 0.255 e. The second-order valence-electron chi connectivity index (χ2n) is 8.05. The number of nitrogens with zero attached hydrogens (tertiary/aromatic N) is 4. The first kappa shape index (κ1) is 23.6. The molecule has 3 heterocycles. The Balaban J connectivity index is 1.48. The Morgan fingerprint density at radius 1 is 1.17 bits per heavy atom. The summed E-state index contributed by atoms with van der Waals surface area (Å²) in [6.07, 6.45) is 3.38. The molecule has 0 saturated carbocycles. The summed E-state index contributed by atoms with van der Waals surface area (Å²) in [4.78, 5) is 22.5. The fourth-order valence-corrected chi connectivity index (χ4v) is 4.84. The quantitative estimate of drug-likeness (QED) is 0.342. The number of para-hydroxylation sites is 2. The van der Waals surface area contributed by atoms with Crippen molar-refractivity contribution in [1.82, 2.24) is 19.7 Å². The van der Waals surface area contributed by atoms with Crippen molar-refractivity contribution in [3.63, 3.8) is 0 Å². The van der Waals surface area contributed by atoms with Gasteiger partial charge in [0.25, 0.3) is 5.91 Å². The summed E-state index contributed by atoms with van der Waals surface area (Å²) in [6.45, 7) is 1.82. The Hall–Kier alpha value is -4.18. The van der Waals surface area contributed by atoms with E-state index in [-0.39, 0.29) is 11.7 Å². The van der Waals surface area contributed by atoms with E-state index in [0.29, 0.717) is 45.1 Å². The van der Waals surface area contributed by atoms with Gasteiger partial charge in [0, 0.05) is 23.8 Å². The average molecular weight is 503 g/mol. The van der Waals surface area contributed by atoms with E-state index in [1.807, 2.05) is 31.2 Å². The second kappa shape index (κ2) is 10.2. The van der Waals surface area contributed by atoms with E-state index < -0.39 is 6.04 Å². The van der Waals surface area contributed by atoms with Gasteiger partial charge in [0.2, 0.25) is 11.1 Å². The van der Waals surface area contributed by atoms with Crippen LogP contribution in [0.2, 0.25) is 0 Å². The number of allylic oxidation sites excluding steroid dienone is 1. The highest BCUT2D eigenvalue weighted by Crippen LogP contribution is 2.37. The third-order valence-corrected chi connectivity index (χ3v) is 6.63. The summed E-state index contributed by atoms with van der Waals surface area (Å²) >= 11 is 1.32. The Labute approximate surface area is 211 Å². The summed E-state index contributed by atoms with van der Waals surface area (Å²) in [5, 5.41) is 11.3. The first-order chi connectivity index (χ1) is 17.5. The predicted molar refractivity (Wildman–Crippen MR) is 136 cm³/mol. The van der Waals surface area contributed by atoms with Gasteiger partial charge in [0.15, 0.2) is 0 Å². The number of rotatable bonds is 7. The largest absolute Gasteiger partial charge is 0.495 e. The molecule has 0 spiro atoms. The van der Waals surface area contributed by atoms with Crippen LogP contribution in [0.5, 0.6) is 5.75 Å². The number of halogens is 1. The molecule has 8 nitrogen and oxygen atoms in total. The van der Waals surface area contributed by atoms with Crippen molar-refractivity contribution in [2.75, 3.05) is 17.7 Å². The summed E-state index contributed by atoms with van der Waals surface area (Å²) in [5.41, 5.74) is 3.01. The number of methoxy groups -OCH3 is 1. The number of thioether (sulfide) groups is 1. The van der Waals surface area contributed by atoms with Crippen molar-refractivity contribution < 1.29 is 13.9 Å². The van der Waals surface area contributed by atoms with Crippen LogP contribution in [0.4, 0.5) is 16.0 Å². The van der Waals surface area contributed by atoms with Crippen molar-refractivity contribution in [3.05, 3.63) is 101 Å². The van der Waals surface area contributed by atoms with Gasteiger partial charge in [-0.1, -0.05) is 48.2 Å². The van der Waals surface area contributed by atoms with Gasteiger partial charge in [-0.3, -0.25) is 9.78 Å². The lowest BCUT2D eigenvalue weighted by Gasteiger charge is -2.28. The van der Waals surface area contributed by atoms with E-state index in [9.17, 15) is 9.18 Å². The number of nitrogens with one attached hydrogen (secondary N) is 2. The van der Waals surface area contributed by atoms with Crippen molar-refractivity contribution in [1.29, 1.82) is 0 Å². The third kappa shape index (κ3) is 4.67. The number of hydrogen-bond donors (Lipinski definition) is 2. The number of amides is 1. The van der Waals surface area contributed by atoms with Crippen molar-refractivity contribution in [3.8, 4) is 5.75 Å². The molecule has 5 rings (SSSR count). The number of aromatic nitrogens is 4. The SMILES string of the molecule is COc1ccccc1NC(=O)C1=C(C)Nc2nc(SCc3ccccc3F)nn2[C@H]1c1cccnc1. The Bertz CT molecular complexity index is 1440. The van der Waals surface area contributed by atoms with E-state index in [0.717, 1.165) is 5.56 Å². The fourth-order valence-electron chi connectivity index (χ4n) is 4.03. The predicted octanol–water partition coefficient (Wildman–Crippen LogP) is 5.04. The van der Waals surface area contributed by atoms with Crippen LogP contribution in [0.1, 0.15) is 24.1 Å². The summed E-state index contributed by atoms with van der Waals surface area (Å²) < 4.78 is 21.1. The Kier molecular flexibility index (Phi) is 6.68. The molecule has 0 fully saturated rings. The second-order valence-corrected chi connectivity index (χ2v) is 8.99. The standard InChI is InChI=1S/C26H23FN6O2S/c1-16-22(24(34)30-20-11-5-6-12-21(20)35-2)23(17-9-7-13-28-14-17)33-25(29-16)31-26(32-33)36-15-18-8-3-4-10-19(18)27/h3-14,23H,15H2,1-2H3,(H,30,34)(H,29,31,32)/t23-/m0/s1. The van der Waals surface area contributed by atoms with Crippen LogP contribution in [0.25, 0.3) is 0 Å². The molecule has 2 aromatic carbocycles. The number of fused-ring (bicyclic) bond motifs is 1. The number of ether oxygens (including phenoxy) is 1. The van der Waals surface area contributed by atoms with Crippen LogP contribution in [0.3, 0.4) is 0 Å². The first-order valence-corrected chi connectivity index (χ1v) is 12.2. The van der Waals surface area contributed by atoms with E-state index >= 15 is 0 Å². The molecule has 0 saturated heterocycles. The molecule has 1 amide bonds. The molecule has 36 heavy (non-hydrogen) atoms. The van der Waals surface area contributed by atoms with Gasteiger partial charge in [-0.05, 0) is 42.3 Å². The van der Waals surface area contributed by atoms with Gasteiger partial charge in [-0.15, -0.1) is 5.10 Å². The highest BCUT2D eigenvalue weighted by Gasteiger charge is 2.34. The summed E-state index contributed by atoms with van der Waals surface area (Å²) in [6, 6.07) is 17.0. The van der Waals surface area contributed by atoms with Crippen LogP contribution >= 0.6 is 11.8 Å². The third-order valence-electron chi connectivity index (χ3n) is 5.75. The minimum absolute atomic E-state index is 0.270. The van der Waals surface area contributed by atoms with E-state index in [2.05, 4.69) is 25.7 Å². The lowest BCUT2D eigenvalue weighted by Crippen LogP contribution is -2.31. The molecule has 10 heteroatoms. The molecule has 0 unspecified atom stereocenters. The van der Waals surface area contributed by atoms with E-state index in [1.54, 1.807) is 54.5 Å². The van der Waals surface area contributed by atoms with Crippen LogP contribution in [-0.4, -0.2) is 32.8 Å². The zero-order chi connectivity index (χ0) is 25.1. The van der Waals surface area contributed by atoms with Gasteiger partial charge in [-0.25, -0.2) is 9.07 Å². The van der Waals surface area contributed by atoms with Gasteiger partial charge >= 0.3 is 0 Å². The van der Waals surface area contributed by atoms with Gasteiger partial charge in [0.1, 0.15) is 17.6 Å². The average Bonchev–Trinajstić information content (AvgIpc) is 3.30. The molecule has 0 radical (unpaired) electrons. The smallest absolute Gasteiger partial charge is 0.255 e. The van der Waals surface area contributed by atoms with Gasteiger partial charge in [-0.2, -0.15) is 4.98 Å². The Morgan fingerprint density at radius 3 is 2.75 bits per heavy atom. The monoisotopic (exact) mass is 502 g/mol. The molecule has 1 aliphatic rings. The number of carbonyl (C=O) groups excluding carboxylic acids is 1. The number of carbonyl (C=O) groups is 1. The number of benzene rings is 2. The minimum atomic E-state index is -0.569. The molecule has 0 bridgehead atoms. The lowest BCUT2D eigenvalue weighted by molar-refractivity contribution is -0.113. The molecule has 1 aliphatic heterocycles.